The molecule has 1 aromatic heterocycles. The maximum absolute atomic E-state index is 12.4. The van der Waals surface area contributed by atoms with E-state index in [0.29, 0.717) is 5.69 Å². The van der Waals surface area contributed by atoms with E-state index in [-0.39, 0.29) is 23.3 Å². The quantitative estimate of drug-likeness (QED) is 0.744. The lowest BCUT2D eigenvalue weighted by atomic mass is 10.1. The minimum Gasteiger partial charge on any atom is -0.457 e. The number of para-hydroxylation sites is 1. The van der Waals surface area contributed by atoms with Gasteiger partial charge < -0.3 is 14.6 Å². The summed E-state index contributed by atoms with van der Waals surface area (Å²) in [7, 11) is 1.66. The molecule has 0 spiro atoms. The van der Waals surface area contributed by atoms with Crippen LogP contribution in [0, 0.1) is 0 Å². The van der Waals surface area contributed by atoms with Crippen molar-refractivity contribution in [2.24, 2.45) is 7.05 Å². The van der Waals surface area contributed by atoms with Crippen LogP contribution >= 0.6 is 0 Å². The first-order chi connectivity index (χ1) is 9.50. The van der Waals surface area contributed by atoms with Gasteiger partial charge in [-0.25, -0.2) is 4.79 Å². The minimum atomic E-state index is -0.560. The van der Waals surface area contributed by atoms with Crippen LogP contribution in [-0.4, -0.2) is 22.7 Å². The van der Waals surface area contributed by atoms with Crippen molar-refractivity contribution in [3.8, 4) is 0 Å². The number of hydrogen-bond donors (Lipinski definition) is 1. The van der Waals surface area contributed by atoms with Gasteiger partial charge >= 0.3 is 5.97 Å². The number of nitrogens with zero attached hydrogens (tertiary/aromatic N) is 1. The number of carbonyl (C=O) groups is 1. The average molecular weight is 272 g/mol. The largest absolute Gasteiger partial charge is 0.457 e. The fourth-order valence-electron chi connectivity index (χ4n) is 2.51. The predicted molar refractivity (Wildman–Crippen MR) is 77.2 cm³/mol. The molecule has 2 unspecified atom stereocenters. The molecule has 2 atom stereocenters. The number of esters is 1. The van der Waals surface area contributed by atoms with Crippen LogP contribution in [0.25, 0.3) is 10.9 Å². The summed E-state index contributed by atoms with van der Waals surface area (Å²) < 4.78 is 6.80. The molecule has 0 saturated carbocycles. The zero-order chi connectivity index (χ0) is 14.4. The Morgan fingerprint density at radius 1 is 1.20 bits per heavy atom. The molecule has 2 heterocycles. The van der Waals surface area contributed by atoms with Crippen molar-refractivity contribution in [2.75, 3.05) is 5.32 Å². The standard InChI is InChI=1S/C15H16N2O3/c1-8-9(2)20-15(19)12-13(16-8)10-6-4-5-7-11(10)17(3)14(12)18/h4-9,16H,1-3H3. The molecule has 20 heavy (non-hydrogen) atoms. The first-order valence-corrected chi connectivity index (χ1v) is 6.60. The molecule has 1 N–H and O–H groups in total. The second-order valence-corrected chi connectivity index (χ2v) is 5.17. The second-order valence-electron chi connectivity index (χ2n) is 5.17. The Kier molecular flexibility index (Phi) is 2.78. The maximum atomic E-state index is 12.4. The number of aryl methyl sites for hydroxylation is 1. The number of carbonyl (C=O) groups excluding carboxylic acids is 1. The van der Waals surface area contributed by atoms with Gasteiger partial charge in [0, 0.05) is 12.4 Å². The first kappa shape index (κ1) is 12.7. The van der Waals surface area contributed by atoms with Gasteiger partial charge in [0.1, 0.15) is 11.7 Å². The molecule has 1 aliphatic heterocycles. The van der Waals surface area contributed by atoms with E-state index in [1.807, 2.05) is 38.1 Å². The van der Waals surface area contributed by atoms with Crippen molar-refractivity contribution in [1.29, 1.82) is 0 Å². The van der Waals surface area contributed by atoms with Gasteiger partial charge in [0.15, 0.2) is 0 Å². The summed E-state index contributed by atoms with van der Waals surface area (Å²) in [6.07, 6.45) is -0.293. The van der Waals surface area contributed by atoms with Crippen LogP contribution in [0.2, 0.25) is 0 Å². The number of ether oxygens (including phenoxy) is 1. The Labute approximate surface area is 116 Å². The highest BCUT2D eigenvalue weighted by atomic mass is 16.5. The fraction of sp³-hybridized carbons (Fsp3) is 0.333. The van der Waals surface area contributed by atoms with Crippen LogP contribution < -0.4 is 10.9 Å². The Balaban J connectivity index is 2.43. The summed E-state index contributed by atoms with van der Waals surface area (Å²) in [6.45, 7) is 3.74. The smallest absolute Gasteiger partial charge is 0.346 e. The summed E-state index contributed by atoms with van der Waals surface area (Å²) in [5, 5.41) is 4.10. The van der Waals surface area contributed by atoms with E-state index in [9.17, 15) is 9.59 Å². The van der Waals surface area contributed by atoms with E-state index in [1.54, 1.807) is 7.05 Å². The molecule has 0 fully saturated rings. The zero-order valence-electron chi connectivity index (χ0n) is 11.6. The summed E-state index contributed by atoms with van der Waals surface area (Å²) in [5.74, 6) is -0.560. The van der Waals surface area contributed by atoms with Gasteiger partial charge in [-0.15, -0.1) is 0 Å². The fourth-order valence-corrected chi connectivity index (χ4v) is 2.51. The number of benzene rings is 1. The number of hydrogen-bond acceptors (Lipinski definition) is 4. The molecule has 2 aromatic rings. The molecule has 3 rings (SSSR count). The van der Waals surface area contributed by atoms with Crippen LogP contribution in [0.1, 0.15) is 24.2 Å². The maximum Gasteiger partial charge on any atom is 0.346 e. The first-order valence-electron chi connectivity index (χ1n) is 6.60. The summed E-state index contributed by atoms with van der Waals surface area (Å²) in [4.78, 5) is 24.6. The minimum absolute atomic E-state index is 0.0595. The zero-order valence-corrected chi connectivity index (χ0v) is 11.6. The van der Waals surface area contributed by atoms with Crippen molar-refractivity contribution in [1.82, 2.24) is 4.57 Å². The van der Waals surface area contributed by atoms with Crippen LogP contribution in [0.15, 0.2) is 29.1 Å². The van der Waals surface area contributed by atoms with Gasteiger partial charge in [-0.3, -0.25) is 4.79 Å². The van der Waals surface area contributed by atoms with Gasteiger partial charge in [-0.2, -0.15) is 0 Å². The molecule has 0 radical (unpaired) electrons. The highest BCUT2D eigenvalue weighted by molar-refractivity contribution is 6.05. The van der Waals surface area contributed by atoms with Gasteiger partial charge in [-0.05, 0) is 19.9 Å². The summed E-state index contributed by atoms with van der Waals surface area (Å²) >= 11 is 0. The van der Waals surface area contributed by atoms with E-state index in [0.717, 1.165) is 10.9 Å². The number of fused-ring (bicyclic) bond motifs is 3. The Morgan fingerprint density at radius 3 is 2.65 bits per heavy atom. The highest BCUT2D eigenvalue weighted by Crippen LogP contribution is 2.29. The SMILES string of the molecule is CC1Nc2c(c(=O)n(C)c3ccccc23)C(=O)OC1C. The van der Waals surface area contributed by atoms with Crippen molar-refractivity contribution in [2.45, 2.75) is 26.0 Å². The predicted octanol–water partition coefficient (Wildman–Crippen LogP) is 1.90. The van der Waals surface area contributed by atoms with Crippen LogP contribution in [-0.2, 0) is 11.8 Å². The van der Waals surface area contributed by atoms with Gasteiger partial charge in [0.2, 0.25) is 0 Å². The van der Waals surface area contributed by atoms with Crippen LogP contribution in [0.3, 0.4) is 0 Å². The van der Waals surface area contributed by atoms with Crippen LogP contribution in [0.5, 0.6) is 0 Å². The highest BCUT2D eigenvalue weighted by Gasteiger charge is 2.30. The molecule has 5 nitrogen and oxygen atoms in total. The van der Waals surface area contributed by atoms with Crippen molar-refractivity contribution in [3.05, 3.63) is 40.2 Å². The van der Waals surface area contributed by atoms with E-state index in [1.165, 1.54) is 4.57 Å². The van der Waals surface area contributed by atoms with Gasteiger partial charge in [0.05, 0.1) is 17.2 Å². The summed E-state index contributed by atoms with van der Waals surface area (Å²) in [6, 6.07) is 7.46. The Morgan fingerprint density at radius 2 is 1.90 bits per heavy atom. The molecule has 0 saturated heterocycles. The van der Waals surface area contributed by atoms with E-state index < -0.39 is 5.97 Å². The van der Waals surface area contributed by atoms with Crippen molar-refractivity contribution in [3.63, 3.8) is 0 Å². The number of nitrogens with one attached hydrogen (secondary N) is 1. The Hall–Kier alpha value is -2.30. The number of pyridine rings is 1. The molecule has 0 bridgehead atoms. The van der Waals surface area contributed by atoms with E-state index >= 15 is 0 Å². The average Bonchev–Trinajstić information content (AvgIpc) is 2.54. The number of rotatable bonds is 0. The lowest BCUT2D eigenvalue weighted by Crippen LogP contribution is -2.29. The van der Waals surface area contributed by atoms with E-state index in [2.05, 4.69) is 5.32 Å². The topological polar surface area (TPSA) is 60.3 Å². The molecule has 0 amide bonds. The summed E-state index contributed by atoms with van der Waals surface area (Å²) in [5.41, 5.74) is 1.11. The van der Waals surface area contributed by atoms with Crippen LogP contribution in [0.4, 0.5) is 5.69 Å². The monoisotopic (exact) mass is 272 g/mol. The van der Waals surface area contributed by atoms with Gasteiger partial charge in [0.25, 0.3) is 5.56 Å². The molecule has 0 aliphatic carbocycles. The second kappa shape index (κ2) is 4.37. The molecular weight excluding hydrogens is 256 g/mol. The molecule has 1 aliphatic rings. The third-order valence-corrected chi connectivity index (χ3v) is 3.88. The third-order valence-electron chi connectivity index (χ3n) is 3.88. The number of cyclic esters (lactones) is 1. The molecular formula is C15H16N2O3. The van der Waals surface area contributed by atoms with E-state index in [4.69, 9.17) is 4.74 Å². The third kappa shape index (κ3) is 1.70. The molecule has 1 aromatic carbocycles. The molecule has 104 valence electrons. The van der Waals surface area contributed by atoms with Crippen molar-refractivity contribution >= 4 is 22.6 Å². The molecule has 5 heteroatoms. The number of anilines is 1. The normalized spacial score (nSPS) is 21.9. The van der Waals surface area contributed by atoms with Gasteiger partial charge in [-0.1, -0.05) is 18.2 Å². The lowest BCUT2D eigenvalue weighted by Gasteiger charge is -2.18. The van der Waals surface area contributed by atoms with Crippen molar-refractivity contribution < 1.29 is 9.53 Å². The lowest BCUT2D eigenvalue weighted by molar-refractivity contribution is 0.0325. The number of aromatic nitrogens is 1. The Bertz CT molecular complexity index is 764.